The molecule has 2 aliphatic rings. The highest BCUT2D eigenvalue weighted by atomic mass is 32.2. The molecule has 2 fully saturated rings. The Morgan fingerprint density at radius 3 is 2.41 bits per heavy atom. The number of aryl methyl sites for hydroxylation is 1. The Labute approximate surface area is 161 Å². The van der Waals surface area contributed by atoms with Crippen LogP contribution in [0.5, 0.6) is 5.75 Å². The Balaban J connectivity index is 1.77. The van der Waals surface area contributed by atoms with Crippen molar-refractivity contribution in [2.24, 2.45) is 0 Å². The van der Waals surface area contributed by atoms with E-state index in [9.17, 15) is 14.4 Å². The number of methoxy groups -OCH3 is 1. The quantitative estimate of drug-likeness (QED) is 0.763. The number of ether oxygens (including phenoxy) is 1. The third-order valence-electron chi connectivity index (χ3n) is 4.80. The predicted octanol–water partition coefficient (Wildman–Crippen LogP) is 2.39. The largest absolute Gasteiger partial charge is 0.495 e. The normalized spacial score (nSPS) is 22.2. The maximum absolute atomic E-state index is 13.3. The van der Waals surface area contributed by atoms with E-state index in [0.29, 0.717) is 17.1 Å². The van der Waals surface area contributed by atoms with Gasteiger partial charge in [-0.15, -0.1) is 11.8 Å². The smallest absolute Gasteiger partial charge is 0.258 e. The van der Waals surface area contributed by atoms with E-state index < -0.39 is 17.2 Å². The van der Waals surface area contributed by atoms with Crippen molar-refractivity contribution < 1.29 is 19.1 Å². The van der Waals surface area contributed by atoms with Gasteiger partial charge in [-0.05, 0) is 31.2 Å². The zero-order valence-corrected chi connectivity index (χ0v) is 15.7. The molecule has 0 saturated carbocycles. The Bertz CT molecular complexity index is 928. The van der Waals surface area contributed by atoms with Gasteiger partial charge in [-0.25, -0.2) is 4.90 Å². The number of carbonyl (C=O) groups is 3. The molecule has 0 bridgehead atoms. The summed E-state index contributed by atoms with van der Waals surface area (Å²) in [4.78, 5) is 41.6. The summed E-state index contributed by atoms with van der Waals surface area (Å²) in [6, 6.07) is 13.4. The number of imide groups is 1. The van der Waals surface area contributed by atoms with Gasteiger partial charge in [0.2, 0.25) is 11.8 Å². The van der Waals surface area contributed by atoms with Crippen LogP contribution >= 0.6 is 11.8 Å². The molecule has 4 rings (SSSR count). The van der Waals surface area contributed by atoms with Gasteiger partial charge in [-0.2, -0.15) is 0 Å². The van der Waals surface area contributed by atoms with Gasteiger partial charge in [0.15, 0.2) is 0 Å². The Morgan fingerprint density at radius 1 is 1.00 bits per heavy atom. The number of thioether (sulfide) groups is 1. The number of anilines is 2. The van der Waals surface area contributed by atoms with Crippen molar-refractivity contribution in [3.05, 3.63) is 54.1 Å². The zero-order chi connectivity index (χ0) is 19.1. The standard InChI is InChI=1S/C20H18N2O4S/c1-12-7-9-13(10-8-12)21-16(23)11-27-18-17(21)19(24)22(20(18)25)14-5-3-4-6-15(14)26-2/h3-10,17-18H,11H2,1-2H3/t17-,18+/m1/s1. The highest BCUT2D eigenvalue weighted by Gasteiger charge is 2.55. The fourth-order valence-corrected chi connectivity index (χ4v) is 4.62. The van der Waals surface area contributed by atoms with E-state index in [2.05, 4.69) is 0 Å². The number of carbonyl (C=O) groups excluding carboxylic acids is 3. The summed E-state index contributed by atoms with van der Waals surface area (Å²) in [5.41, 5.74) is 2.09. The maximum atomic E-state index is 13.3. The molecule has 0 aromatic heterocycles. The molecule has 0 radical (unpaired) electrons. The maximum Gasteiger partial charge on any atom is 0.258 e. The molecular weight excluding hydrogens is 364 g/mol. The topological polar surface area (TPSA) is 66.9 Å². The lowest BCUT2D eigenvalue weighted by molar-refractivity contribution is -0.123. The van der Waals surface area contributed by atoms with Gasteiger partial charge in [0, 0.05) is 5.69 Å². The van der Waals surface area contributed by atoms with Crippen LogP contribution in [0.15, 0.2) is 48.5 Å². The first-order valence-corrected chi connectivity index (χ1v) is 9.59. The summed E-state index contributed by atoms with van der Waals surface area (Å²) in [7, 11) is 1.49. The van der Waals surface area contributed by atoms with Crippen LogP contribution in [0, 0.1) is 6.92 Å². The molecule has 0 aliphatic carbocycles. The zero-order valence-electron chi connectivity index (χ0n) is 14.9. The van der Waals surface area contributed by atoms with E-state index in [1.54, 1.807) is 24.3 Å². The van der Waals surface area contributed by atoms with Crippen LogP contribution in [0.2, 0.25) is 0 Å². The number of amides is 3. The van der Waals surface area contributed by atoms with Gasteiger partial charge >= 0.3 is 0 Å². The lowest BCUT2D eigenvalue weighted by Crippen LogP contribution is -2.53. The van der Waals surface area contributed by atoms with Crippen molar-refractivity contribution in [3.63, 3.8) is 0 Å². The molecule has 2 heterocycles. The van der Waals surface area contributed by atoms with Crippen LogP contribution in [-0.2, 0) is 14.4 Å². The van der Waals surface area contributed by atoms with Crippen LogP contribution < -0.4 is 14.5 Å². The first-order chi connectivity index (χ1) is 13.0. The van der Waals surface area contributed by atoms with Crippen molar-refractivity contribution in [2.45, 2.75) is 18.2 Å². The third-order valence-corrected chi connectivity index (χ3v) is 6.03. The Hall–Kier alpha value is -2.80. The molecule has 0 spiro atoms. The number of hydrogen-bond donors (Lipinski definition) is 0. The average molecular weight is 382 g/mol. The van der Waals surface area contributed by atoms with E-state index in [0.717, 1.165) is 10.5 Å². The molecule has 138 valence electrons. The molecular formula is C20H18N2O4S. The molecule has 2 atom stereocenters. The number of fused-ring (bicyclic) bond motifs is 1. The van der Waals surface area contributed by atoms with E-state index >= 15 is 0 Å². The van der Waals surface area contributed by atoms with E-state index in [1.165, 1.54) is 23.8 Å². The minimum absolute atomic E-state index is 0.161. The van der Waals surface area contributed by atoms with Crippen molar-refractivity contribution in [1.82, 2.24) is 0 Å². The highest BCUT2D eigenvalue weighted by molar-refractivity contribution is 8.01. The molecule has 0 N–H and O–H groups in total. The van der Waals surface area contributed by atoms with Gasteiger partial charge < -0.3 is 4.74 Å². The lowest BCUT2D eigenvalue weighted by Gasteiger charge is -2.34. The number of hydrogen-bond acceptors (Lipinski definition) is 5. The lowest BCUT2D eigenvalue weighted by atomic mass is 10.1. The van der Waals surface area contributed by atoms with Crippen LogP contribution in [0.25, 0.3) is 0 Å². The molecule has 2 aromatic rings. The van der Waals surface area contributed by atoms with Gasteiger partial charge in [-0.3, -0.25) is 19.3 Å². The van der Waals surface area contributed by atoms with Crippen molar-refractivity contribution in [3.8, 4) is 5.75 Å². The predicted molar refractivity (Wildman–Crippen MR) is 104 cm³/mol. The van der Waals surface area contributed by atoms with E-state index in [4.69, 9.17) is 4.74 Å². The summed E-state index contributed by atoms with van der Waals surface area (Å²) in [5, 5.41) is -0.624. The number of benzene rings is 2. The van der Waals surface area contributed by atoms with Gasteiger partial charge in [-0.1, -0.05) is 29.8 Å². The Morgan fingerprint density at radius 2 is 1.70 bits per heavy atom. The summed E-state index contributed by atoms with van der Waals surface area (Å²) >= 11 is 1.22. The van der Waals surface area contributed by atoms with Gasteiger partial charge in [0.25, 0.3) is 5.91 Å². The second-order valence-electron chi connectivity index (χ2n) is 6.46. The minimum atomic E-state index is -0.851. The highest BCUT2D eigenvalue weighted by Crippen LogP contribution is 2.40. The average Bonchev–Trinajstić information content (AvgIpc) is 2.93. The molecule has 2 saturated heterocycles. The first kappa shape index (κ1) is 17.6. The molecule has 0 unspecified atom stereocenters. The summed E-state index contributed by atoms with van der Waals surface area (Å²) in [6.07, 6.45) is 0. The first-order valence-electron chi connectivity index (χ1n) is 8.54. The van der Waals surface area contributed by atoms with Crippen LogP contribution in [0.4, 0.5) is 11.4 Å². The summed E-state index contributed by atoms with van der Waals surface area (Å²) in [5.74, 6) is -0.294. The molecule has 2 aliphatic heterocycles. The second-order valence-corrected chi connectivity index (χ2v) is 7.59. The number of rotatable bonds is 3. The molecule has 27 heavy (non-hydrogen) atoms. The second kappa shape index (κ2) is 6.74. The van der Waals surface area contributed by atoms with E-state index in [1.807, 2.05) is 31.2 Å². The van der Waals surface area contributed by atoms with Gasteiger partial charge in [0.05, 0.1) is 18.6 Å². The fraction of sp³-hybridized carbons (Fsp3) is 0.250. The number of para-hydroxylation sites is 2. The molecule has 3 amide bonds. The van der Waals surface area contributed by atoms with E-state index in [-0.39, 0.29) is 17.6 Å². The van der Waals surface area contributed by atoms with Crippen molar-refractivity contribution >= 4 is 40.9 Å². The fourth-order valence-electron chi connectivity index (χ4n) is 3.49. The SMILES string of the molecule is COc1ccccc1N1C(=O)[C@H]2SCC(=O)N(c3ccc(C)cc3)[C@H]2C1=O. The monoisotopic (exact) mass is 382 g/mol. The summed E-state index contributed by atoms with van der Waals surface area (Å²) in [6.45, 7) is 1.95. The Kier molecular flexibility index (Phi) is 4.39. The van der Waals surface area contributed by atoms with Crippen molar-refractivity contribution in [2.75, 3.05) is 22.7 Å². The molecule has 7 heteroatoms. The molecule has 6 nitrogen and oxygen atoms in total. The molecule has 2 aromatic carbocycles. The van der Waals surface area contributed by atoms with Crippen LogP contribution in [0.1, 0.15) is 5.56 Å². The number of nitrogens with zero attached hydrogens (tertiary/aromatic N) is 2. The minimum Gasteiger partial charge on any atom is -0.495 e. The third kappa shape index (κ3) is 2.78. The summed E-state index contributed by atoms with van der Waals surface area (Å²) < 4.78 is 5.32. The van der Waals surface area contributed by atoms with Gasteiger partial charge in [0.1, 0.15) is 17.0 Å². The van der Waals surface area contributed by atoms with Crippen LogP contribution in [-0.4, -0.2) is 41.9 Å². The van der Waals surface area contributed by atoms with Crippen molar-refractivity contribution in [1.29, 1.82) is 0 Å². The van der Waals surface area contributed by atoms with Crippen LogP contribution in [0.3, 0.4) is 0 Å².